The number of rotatable bonds is 2. The monoisotopic (exact) mass is 135 g/mol. The summed E-state index contributed by atoms with van der Waals surface area (Å²) < 4.78 is 23.9. The van der Waals surface area contributed by atoms with Gasteiger partial charge in [0.05, 0.1) is 0 Å². The molecule has 0 radical (unpaired) electrons. The molecule has 0 aliphatic heterocycles. The molecule has 1 nitrogen and oxygen atoms in total. The smallest absolute Gasteiger partial charge is 0.263 e. The molecule has 0 aliphatic rings. The molecule has 1 atom stereocenters. The summed E-state index contributed by atoms with van der Waals surface area (Å²) in [5, 5.41) is 0. The number of hydrogen-bond donors (Lipinski definition) is 1. The molecule has 0 spiro atoms. The van der Waals surface area contributed by atoms with Gasteiger partial charge < -0.3 is 5.73 Å². The fraction of sp³-hybridized carbons (Fsp3) is 0.667. The number of nitrogens with two attached hydrogens (primary N) is 1. The van der Waals surface area contributed by atoms with E-state index in [0.29, 0.717) is 0 Å². The molecule has 0 amide bonds. The van der Waals surface area contributed by atoms with E-state index in [-0.39, 0.29) is 6.04 Å². The van der Waals surface area contributed by atoms with Gasteiger partial charge in [-0.2, -0.15) is 0 Å². The normalized spacial score (nSPS) is 16.6. The summed E-state index contributed by atoms with van der Waals surface area (Å²) in [6.07, 6.45) is 2.08. The highest BCUT2D eigenvalue weighted by Crippen LogP contribution is 2.12. The van der Waals surface area contributed by atoms with E-state index < -0.39 is 5.92 Å². The molecule has 0 aromatic rings. The van der Waals surface area contributed by atoms with E-state index in [1.54, 1.807) is 6.92 Å². The van der Waals surface area contributed by atoms with Crippen LogP contribution < -0.4 is 5.73 Å². The minimum absolute atomic E-state index is 0.296. The van der Waals surface area contributed by atoms with Gasteiger partial charge in [0.15, 0.2) is 0 Å². The predicted molar refractivity (Wildman–Crippen MR) is 33.4 cm³/mol. The predicted octanol–water partition coefficient (Wildman–Crippen LogP) is 1.55. The molecule has 3 heteroatoms. The molecule has 0 aliphatic carbocycles. The Morgan fingerprint density at radius 1 is 1.56 bits per heavy atom. The molecular formula is C6H11F2N. The Labute approximate surface area is 53.5 Å². The van der Waals surface area contributed by atoms with Crippen LogP contribution in [0.1, 0.15) is 13.8 Å². The molecule has 0 aromatic heterocycles. The second kappa shape index (κ2) is 2.92. The SMILES string of the molecule is CC(N)/C=C/C(C)(F)F. The number of allylic oxidation sites excluding steroid dienone is 1. The van der Waals surface area contributed by atoms with Crippen LogP contribution in [0, 0.1) is 0 Å². The Kier molecular flexibility index (Phi) is 2.77. The highest BCUT2D eigenvalue weighted by Gasteiger charge is 2.14. The maximum Gasteiger partial charge on any atom is 0.263 e. The molecule has 2 N–H and O–H groups in total. The lowest BCUT2D eigenvalue weighted by molar-refractivity contribution is 0.0770. The van der Waals surface area contributed by atoms with Crippen molar-refractivity contribution < 1.29 is 8.78 Å². The van der Waals surface area contributed by atoms with E-state index in [1.807, 2.05) is 0 Å². The minimum atomic E-state index is -2.73. The zero-order valence-corrected chi connectivity index (χ0v) is 5.57. The van der Waals surface area contributed by atoms with E-state index in [9.17, 15) is 8.78 Å². The van der Waals surface area contributed by atoms with Crippen molar-refractivity contribution in [1.82, 2.24) is 0 Å². The van der Waals surface area contributed by atoms with Gasteiger partial charge in [0.1, 0.15) is 0 Å². The standard InChI is InChI=1S/C6H11F2N/c1-5(9)3-4-6(2,7)8/h3-5H,9H2,1-2H3/b4-3+. The lowest BCUT2D eigenvalue weighted by Gasteiger charge is -2.02. The molecule has 0 aromatic carbocycles. The molecular weight excluding hydrogens is 124 g/mol. The maximum atomic E-state index is 11.9. The Bertz CT molecular complexity index is 102. The zero-order valence-electron chi connectivity index (χ0n) is 5.57. The van der Waals surface area contributed by atoms with Crippen LogP contribution in [0.3, 0.4) is 0 Å². The number of halogens is 2. The number of hydrogen-bond acceptors (Lipinski definition) is 1. The van der Waals surface area contributed by atoms with Crippen LogP contribution in [0.25, 0.3) is 0 Å². The van der Waals surface area contributed by atoms with Crippen LogP contribution in [0.2, 0.25) is 0 Å². The third kappa shape index (κ3) is 7.56. The largest absolute Gasteiger partial charge is 0.325 e. The molecule has 0 saturated carbocycles. The molecule has 1 unspecified atom stereocenters. The minimum Gasteiger partial charge on any atom is -0.325 e. The molecule has 54 valence electrons. The van der Waals surface area contributed by atoms with Gasteiger partial charge >= 0.3 is 0 Å². The van der Waals surface area contributed by atoms with Crippen molar-refractivity contribution in [2.45, 2.75) is 25.8 Å². The second-order valence-corrected chi connectivity index (χ2v) is 2.17. The first kappa shape index (κ1) is 8.56. The fourth-order valence-corrected chi connectivity index (χ4v) is 0.321. The van der Waals surface area contributed by atoms with Crippen molar-refractivity contribution in [3.8, 4) is 0 Å². The van der Waals surface area contributed by atoms with Crippen LogP contribution in [0.5, 0.6) is 0 Å². The quantitative estimate of drug-likeness (QED) is 0.571. The van der Waals surface area contributed by atoms with Crippen LogP contribution in [-0.4, -0.2) is 12.0 Å². The van der Waals surface area contributed by atoms with E-state index >= 15 is 0 Å². The van der Waals surface area contributed by atoms with Gasteiger partial charge in [-0.1, -0.05) is 6.08 Å². The Morgan fingerprint density at radius 2 is 2.00 bits per heavy atom. The zero-order chi connectivity index (χ0) is 7.49. The topological polar surface area (TPSA) is 26.0 Å². The first-order valence-corrected chi connectivity index (χ1v) is 2.74. The average Bonchev–Trinajstić information content (AvgIpc) is 1.59. The summed E-state index contributed by atoms with van der Waals surface area (Å²) in [5.74, 6) is -2.73. The van der Waals surface area contributed by atoms with Crippen molar-refractivity contribution in [2.24, 2.45) is 5.73 Å². The maximum absolute atomic E-state index is 11.9. The second-order valence-electron chi connectivity index (χ2n) is 2.17. The van der Waals surface area contributed by atoms with Gasteiger partial charge in [0.2, 0.25) is 0 Å². The lowest BCUT2D eigenvalue weighted by Crippen LogP contribution is -2.13. The first-order chi connectivity index (χ1) is 3.92. The molecule has 0 bridgehead atoms. The van der Waals surface area contributed by atoms with E-state index in [1.165, 1.54) is 6.08 Å². The van der Waals surface area contributed by atoms with Crippen LogP contribution >= 0.6 is 0 Å². The third-order valence-electron chi connectivity index (χ3n) is 0.692. The first-order valence-electron chi connectivity index (χ1n) is 2.74. The highest BCUT2D eigenvalue weighted by atomic mass is 19.3. The van der Waals surface area contributed by atoms with Crippen molar-refractivity contribution in [3.05, 3.63) is 12.2 Å². The molecule has 9 heavy (non-hydrogen) atoms. The number of alkyl halides is 2. The van der Waals surface area contributed by atoms with E-state index in [0.717, 1.165) is 13.0 Å². The fourth-order valence-electron chi connectivity index (χ4n) is 0.321. The van der Waals surface area contributed by atoms with Crippen LogP contribution in [-0.2, 0) is 0 Å². The van der Waals surface area contributed by atoms with Crippen molar-refractivity contribution in [2.75, 3.05) is 0 Å². The Morgan fingerprint density at radius 3 is 2.11 bits per heavy atom. The summed E-state index contributed by atoms with van der Waals surface area (Å²) in [6, 6.07) is -0.296. The van der Waals surface area contributed by atoms with Crippen LogP contribution in [0.15, 0.2) is 12.2 Å². The summed E-state index contributed by atoms with van der Waals surface area (Å²) in [7, 11) is 0. The van der Waals surface area contributed by atoms with E-state index in [2.05, 4.69) is 0 Å². The average molecular weight is 135 g/mol. The molecule has 0 fully saturated rings. The van der Waals surface area contributed by atoms with Crippen LogP contribution in [0.4, 0.5) is 8.78 Å². The molecule has 0 saturated heterocycles. The van der Waals surface area contributed by atoms with Gasteiger partial charge in [0, 0.05) is 13.0 Å². The van der Waals surface area contributed by atoms with Crippen molar-refractivity contribution in [3.63, 3.8) is 0 Å². The molecule has 0 heterocycles. The van der Waals surface area contributed by atoms with Crippen molar-refractivity contribution >= 4 is 0 Å². The summed E-state index contributed by atoms with van der Waals surface area (Å²) >= 11 is 0. The van der Waals surface area contributed by atoms with Gasteiger partial charge in [-0.15, -0.1) is 0 Å². The van der Waals surface area contributed by atoms with E-state index in [4.69, 9.17) is 5.73 Å². The third-order valence-corrected chi connectivity index (χ3v) is 0.692. The Balaban J connectivity index is 3.71. The lowest BCUT2D eigenvalue weighted by atomic mass is 10.2. The van der Waals surface area contributed by atoms with Gasteiger partial charge in [-0.25, -0.2) is 8.78 Å². The Hall–Kier alpha value is -0.440. The summed E-state index contributed by atoms with van der Waals surface area (Å²) in [4.78, 5) is 0. The van der Waals surface area contributed by atoms with Crippen molar-refractivity contribution in [1.29, 1.82) is 0 Å². The van der Waals surface area contributed by atoms with Gasteiger partial charge in [0.25, 0.3) is 5.92 Å². The summed E-state index contributed by atoms with van der Waals surface area (Å²) in [5.41, 5.74) is 5.18. The highest BCUT2D eigenvalue weighted by molar-refractivity contribution is 4.96. The summed E-state index contributed by atoms with van der Waals surface area (Å²) in [6.45, 7) is 2.47. The van der Waals surface area contributed by atoms with Gasteiger partial charge in [-0.05, 0) is 13.0 Å². The molecule has 0 rings (SSSR count). The van der Waals surface area contributed by atoms with Gasteiger partial charge in [-0.3, -0.25) is 0 Å².